The molecule has 0 aromatic heterocycles. The third-order valence-corrected chi connectivity index (χ3v) is 4.83. The molecule has 1 fully saturated rings. The van der Waals surface area contributed by atoms with Gasteiger partial charge in [0, 0.05) is 12.6 Å². The van der Waals surface area contributed by atoms with Crippen LogP contribution in [0.15, 0.2) is 29.2 Å². The molecule has 21 heavy (non-hydrogen) atoms. The second kappa shape index (κ2) is 7.02. The van der Waals surface area contributed by atoms with Gasteiger partial charge in [-0.2, -0.15) is 0 Å². The average Bonchev–Trinajstić information content (AvgIpc) is 2.48. The van der Waals surface area contributed by atoms with Gasteiger partial charge in [-0.25, -0.2) is 17.9 Å². The van der Waals surface area contributed by atoms with E-state index in [9.17, 15) is 13.2 Å². The van der Waals surface area contributed by atoms with Crippen molar-refractivity contribution in [3.8, 4) is 0 Å². The summed E-state index contributed by atoms with van der Waals surface area (Å²) in [6.07, 6.45) is 1.78. The van der Waals surface area contributed by atoms with Gasteiger partial charge in [0.25, 0.3) is 0 Å². The molecular weight excluding hydrogens is 292 g/mol. The smallest absolute Gasteiger partial charge is 0.338 e. The molecule has 1 aromatic rings. The molecule has 1 saturated heterocycles. The van der Waals surface area contributed by atoms with Crippen molar-refractivity contribution in [2.45, 2.75) is 30.7 Å². The minimum atomic E-state index is -3.56. The molecule has 0 amide bonds. The SMILES string of the molecule is CCOC(=O)c1ccc(S(=O)(=O)N[C@@H]2CCCNC2)cc1. The van der Waals surface area contributed by atoms with Crippen molar-refractivity contribution in [2.75, 3.05) is 19.7 Å². The van der Waals surface area contributed by atoms with Crippen LogP contribution in [-0.2, 0) is 14.8 Å². The minimum absolute atomic E-state index is 0.0894. The van der Waals surface area contributed by atoms with Gasteiger partial charge >= 0.3 is 5.97 Å². The molecule has 1 aliphatic heterocycles. The molecular formula is C14H20N2O4S. The van der Waals surface area contributed by atoms with Crippen molar-refractivity contribution in [3.05, 3.63) is 29.8 Å². The first-order chi connectivity index (χ1) is 10.0. The van der Waals surface area contributed by atoms with E-state index in [0.717, 1.165) is 19.4 Å². The van der Waals surface area contributed by atoms with E-state index in [1.807, 2.05) is 0 Å². The molecule has 0 spiro atoms. The molecule has 7 heteroatoms. The molecule has 116 valence electrons. The summed E-state index contributed by atoms with van der Waals surface area (Å²) >= 11 is 0. The fourth-order valence-electron chi connectivity index (χ4n) is 2.22. The lowest BCUT2D eigenvalue weighted by molar-refractivity contribution is 0.0526. The summed E-state index contributed by atoms with van der Waals surface area (Å²) in [6, 6.07) is 5.68. The maximum absolute atomic E-state index is 12.3. The van der Waals surface area contributed by atoms with Gasteiger partial charge in [0.05, 0.1) is 17.1 Å². The molecule has 2 N–H and O–H groups in total. The van der Waals surface area contributed by atoms with Crippen molar-refractivity contribution in [2.24, 2.45) is 0 Å². The lowest BCUT2D eigenvalue weighted by atomic mass is 10.1. The number of carbonyl (C=O) groups excluding carboxylic acids is 1. The summed E-state index contributed by atoms with van der Waals surface area (Å²) in [6.45, 7) is 3.57. The number of hydrogen-bond acceptors (Lipinski definition) is 5. The van der Waals surface area contributed by atoms with E-state index in [1.165, 1.54) is 24.3 Å². The van der Waals surface area contributed by atoms with Crippen LogP contribution in [0, 0.1) is 0 Å². The zero-order chi connectivity index (χ0) is 15.3. The first kappa shape index (κ1) is 15.9. The number of sulfonamides is 1. The average molecular weight is 312 g/mol. The van der Waals surface area contributed by atoms with Crippen LogP contribution in [-0.4, -0.2) is 40.1 Å². The third-order valence-electron chi connectivity index (χ3n) is 3.29. The third kappa shape index (κ3) is 4.26. The Kier molecular flexibility index (Phi) is 5.33. The minimum Gasteiger partial charge on any atom is -0.462 e. The quantitative estimate of drug-likeness (QED) is 0.789. The van der Waals surface area contributed by atoms with E-state index in [0.29, 0.717) is 12.1 Å². The Bertz CT molecular complexity index is 577. The van der Waals surface area contributed by atoms with Crippen LogP contribution in [0.3, 0.4) is 0 Å². The number of ether oxygens (including phenoxy) is 1. The first-order valence-corrected chi connectivity index (χ1v) is 8.51. The Balaban J connectivity index is 2.07. The van der Waals surface area contributed by atoms with Gasteiger partial charge in [-0.05, 0) is 50.6 Å². The van der Waals surface area contributed by atoms with Gasteiger partial charge in [-0.15, -0.1) is 0 Å². The van der Waals surface area contributed by atoms with Crippen molar-refractivity contribution in [1.82, 2.24) is 10.0 Å². The van der Waals surface area contributed by atoms with Crippen LogP contribution in [0.4, 0.5) is 0 Å². The second-order valence-corrected chi connectivity index (χ2v) is 6.62. The normalized spacial score (nSPS) is 19.2. The highest BCUT2D eigenvalue weighted by Crippen LogP contribution is 2.13. The van der Waals surface area contributed by atoms with E-state index >= 15 is 0 Å². The molecule has 0 radical (unpaired) electrons. The van der Waals surface area contributed by atoms with Gasteiger partial charge in [0.2, 0.25) is 10.0 Å². The Hall–Kier alpha value is -1.44. The van der Waals surface area contributed by atoms with Gasteiger partial charge in [-0.1, -0.05) is 0 Å². The standard InChI is InChI=1S/C14H20N2O4S/c1-2-20-14(17)11-5-7-13(8-6-11)21(18,19)16-12-4-3-9-15-10-12/h5-8,12,15-16H,2-4,9-10H2,1H3/t12-/m1/s1. The second-order valence-electron chi connectivity index (χ2n) is 4.91. The lowest BCUT2D eigenvalue weighted by Crippen LogP contribution is -2.45. The van der Waals surface area contributed by atoms with Gasteiger partial charge in [-0.3, -0.25) is 0 Å². The zero-order valence-corrected chi connectivity index (χ0v) is 12.8. The Morgan fingerprint density at radius 1 is 1.38 bits per heavy atom. The van der Waals surface area contributed by atoms with Crippen LogP contribution < -0.4 is 10.0 Å². The van der Waals surface area contributed by atoms with E-state index in [2.05, 4.69) is 10.0 Å². The summed E-state index contributed by atoms with van der Waals surface area (Å²) in [7, 11) is -3.56. The largest absolute Gasteiger partial charge is 0.462 e. The Morgan fingerprint density at radius 3 is 2.67 bits per heavy atom. The van der Waals surface area contributed by atoms with Crippen molar-refractivity contribution < 1.29 is 17.9 Å². The van der Waals surface area contributed by atoms with Crippen LogP contribution >= 0.6 is 0 Å². The van der Waals surface area contributed by atoms with Crippen LogP contribution in [0.25, 0.3) is 0 Å². The highest BCUT2D eigenvalue weighted by molar-refractivity contribution is 7.89. The predicted octanol–water partition coefficient (Wildman–Crippen LogP) is 0.894. The van der Waals surface area contributed by atoms with Crippen LogP contribution in [0.1, 0.15) is 30.1 Å². The van der Waals surface area contributed by atoms with Gasteiger partial charge in [0.1, 0.15) is 0 Å². The number of hydrogen-bond donors (Lipinski definition) is 2. The summed E-state index contributed by atoms with van der Waals surface area (Å²) in [5.74, 6) is -0.453. The summed E-state index contributed by atoms with van der Waals surface area (Å²) in [5, 5.41) is 3.16. The number of rotatable bonds is 5. The van der Waals surface area contributed by atoms with E-state index in [-0.39, 0.29) is 17.5 Å². The maximum atomic E-state index is 12.3. The van der Waals surface area contributed by atoms with E-state index in [4.69, 9.17) is 4.74 Å². The molecule has 0 bridgehead atoms. The molecule has 6 nitrogen and oxygen atoms in total. The van der Waals surface area contributed by atoms with E-state index < -0.39 is 16.0 Å². The van der Waals surface area contributed by atoms with Crippen molar-refractivity contribution in [3.63, 3.8) is 0 Å². The molecule has 1 heterocycles. The summed E-state index contributed by atoms with van der Waals surface area (Å²) < 4.78 is 32.0. The summed E-state index contributed by atoms with van der Waals surface area (Å²) in [4.78, 5) is 11.7. The molecule has 0 saturated carbocycles. The van der Waals surface area contributed by atoms with Crippen molar-refractivity contribution in [1.29, 1.82) is 0 Å². The number of carbonyl (C=O) groups is 1. The van der Waals surface area contributed by atoms with Gasteiger partial charge < -0.3 is 10.1 Å². The molecule has 2 rings (SSSR count). The Morgan fingerprint density at radius 2 is 2.10 bits per heavy atom. The highest BCUT2D eigenvalue weighted by Gasteiger charge is 2.21. The van der Waals surface area contributed by atoms with Gasteiger partial charge in [0.15, 0.2) is 0 Å². The highest BCUT2D eigenvalue weighted by atomic mass is 32.2. The van der Waals surface area contributed by atoms with E-state index in [1.54, 1.807) is 6.92 Å². The predicted molar refractivity (Wildman–Crippen MR) is 78.6 cm³/mol. The van der Waals surface area contributed by atoms with Crippen LogP contribution in [0.5, 0.6) is 0 Å². The molecule has 1 aromatic carbocycles. The lowest BCUT2D eigenvalue weighted by Gasteiger charge is -2.23. The molecule has 0 unspecified atom stereocenters. The Labute approximate surface area is 124 Å². The first-order valence-electron chi connectivity index (χ1n) is 7.03. The number of nitrogens with one attached hydrogen (secondary N) is 2. The number of benzene rings is 1. The fraction of sp³-hybridized carbons (Fsp3) is 0.500. The molecule has 0 aliphatic carbocycles. The molecule has 1 atom stereocenters. The van der Waals surface area contributed by atoms with Crippen LogP contribution in [0.2, 0.25) is 0 Å². The number of esters is 1. The fourth-order valence-corrected chi connectivity index (χ4v) is 3.49. The summed E-state index contributed by atoms with van der Waals surface area (Å²) in [5.41, 5.74) is 0.343. The topological polar surface area (TPSA) is 84.5 Å². The van der Waals surface area contributed by atoms with Crippen molar-refractivity contribution >= 4 is 16.0 Å². The molecule has 1 aliphatic rings. The monoisotopic (exact) mass is 312 g/mol. The zero-order valence-electron chi connectivity index (χ0n) is 12.0. The maximum Gasteiger partial charge on any atom is 0.338 e. The number of piperidine rings is 1.